The molecule has 4 aromatic rings. The van der Waals surface area contributed by atoms with Crippen LogP contribution in [0.1, 0.15) is 5.56 Å². The zero-order chi connectivity index (χ0) is 27.2. The number of carbonyl (C=O) groups is 1. The van der Waals surface area contributed by atoms with E-state index in [-0.39, 0.29) is 10.7 Å². The van der Waals surface area contributed by atoms with Crippen molar-refractivity contribution in [3.63, 3.8) is 0 Å². The monoisotopic (exact) mass is 554 g/mol. The van der Waals surface area contributed by atoms with Crippen LogP contribution >= 0.6 is 18.6 Å². The molecule has 192 valence electrons. The predicted octanol–water partition coefficient (Wildman–Crippen LogP) is 5.99. The lowest BCUT2D eigenvalue weighted by Gasteiger charge is -2.30. The van der Waals surface area contributed by atoms with E-state index in [0.717, 1.165) is 27.7 Å². The van der Waals surface area contributed by atoms with Crippen molar-refractivity contribution in [2.45, 2.75) is 6.61 Å². The van der Waals surface area contributed by atoms with Crippen LogP contribution in [0.4, 0.5) is 8.78 Å². The first kappa shape index (κ1) is 26.4. The Morgan fingerprint density at radius 3 is 1.79 bits per heavy atom. The summed E-state index contributed by atoms with van der Waals surface area (Å²) >= 11 is 1.07. The van der Waals surface area contributed by atoms with Gasteiger partial charge in [0, 0.05) is 5.56 Å². The van der Waals surface area contributed by atoms with Crippen molar-refractivity contribution in [2.24, 2.45) is 4.99 Å². The molecule has 0 saturated carbocycles. The molecule has 0 saturated heterocycles. The van der Waals surface area contributed by atoms with E-state index in [9.17, 15) is 18.8 Å². The molecule has 0 unspecified atom stereocenters. The predicted molar refractivity (Wildman–Crippen MR) is 157 cm³/mol. The summed E-state index contributed by atoms with van der Waals surface area (Å²) in [5, 5.41) is 14.3. The molecule has 8 heteroatoms. The molecule has 0 radical (unpaired) electrons. The van der Waals surface area contributed by atoms with Crippen LogP contribution in [0.3, 0.4) is 0 Å². The fraction of sp³-hybridized carbons (Fsp3) is 0.0323. The van der Waals surface area contributed by atoms with E-state index < -0.39 is 19.4 Å². The van der Waals surface area contributed by atoms with E-state index in [1.165, 1.54) is 12.1 Å². The van der Waals surface area contributed by atoms with E-state index in [2.05, 4.69) is 15.8 Å². The lowest BCUT2D eigenvalue weighted by Crippen LogP contribution is -2.32. The van der Waals surface area contributed by atoms with Crippen molar-refractivity contribution in [3.05, 3.63) is 126 Å². The first-order valence-electron chi connectivity index (χ1n) is 11.9. The first-order chi connectivity index (χ1) is 19.0. The fourth-order valence-electron chi connectivity index (χ4n) is 4.51. The number of alkyl halides is 2. The minimum atomic E-state index is -3.00. The molecule has 0 fully saturated rings. The van der Waals surface area contributed by atoms with Gasteiger partial charge >= 0.3 is 6.61 Å². The van der Waals surface area contributed by atoms with Gasteiger partial charge in [0.05, 0.1) is 10.2 Å². The van der Waals surface area contributed by atoms with Crippen molar-refractivity contribution in [3.8, 4) is 11.8 Å². The van der Waals surface area contributed by atoms with Crippen LogP contribution in [-0.2, 0) is 4.79 Å². The maximum Gasteiger partial charge on any atom is 0.387 e. The summed E-state index contributed by atoms with van der Waals surface area (Å²) in [6, 6.07) is 38.1. The van der Waals surface area contributed by atoms with Crippen LogP contribution in [-0.4, -0.2) is 22.9 Å². The molecular formula is C31H21F2N2O2PS. The minimum absolute atomic E-state index is 0.0500. The Balaban J connectivity index is 1.75. The van der Waals surface area contributed by atoms with Gasteiger partial charge in [-0.3, -0.25) is 4.79 Å². The number of para-hydroxylation sites is 1. The lowest BCUT2D eigenvalue weighted by molar-refractivity contribution is -0.113. The van der Waals surface area contributed by atoms with Gasteiger partial charge in [0.15, 0.2) is 0 Å². The lowest BCUT2D eigenvalue weighted by atomic mass is 10.2. The Bertz CT molecular complexity index is 1560. The molecule has 4 nitrogen and oxygen atoms in total. The van der Waals surface area contributed by atoms with Crippen LogP contribution in [0.2, 0.25) is 0 Å². The maximum atomic E-state index is 13.1. The third-order valence-electron chi connectivity index (χ3n) is 6.12. The number of rotatable bonds is 7. The van der Waals surface area contributed by atoms with Gasteiger partial charge in [-0.1, -0.05) is 121 Å². The van der Waals surface area contributed by atoms with Gasteiger partial charge in [-0.15, -0.1) is 0 Å². The molecule has 0 spiro atoms. The van der Waals surface area contributed by atoms with E-state index in [1.54, 1.807) is 18.2 Å². The van der Waals surface area contributed by atoms with Gasteiger partial charge in [-0.2, -0.15) is 14.0 Å². The molecule has 5 rings (SSSR count). The van der Waals surface area contributed by atoms with Gasteiger partial charge in [-0.05, 0) is 34.9 Å². The highest BCUT2D eigenvalue weighted by atomic mass is 32.2. The Hall–Kier alpha value is -4.24. The second-order valence-electron chi connectivity index (χ2n) is 8.39. The van der Waals surface area contributed by atoms with Crippen LogP contribution in [0.15, 0.2) is 125 Å². The van der Waals surface area contributed by atoms with Crippen LogP contribution in [0.5, 0.6) is 5.75 Å². The van der Waals surface area contributed by atoms with Crippen LogP contribution < -0.4 is 20.7 Å². The van der Waals surface area contributed by atoms with Crippen molar-refractivity contribution in [1.29, 1.82) is 5.26 Å². The first-order valence-corrected chi connectivity index (χ1v) is 14.5. The number of nitriles is 1. The van der Waals surface area contributed by atoms with E-state index in [4.69, 9.17) is 0 Å². The number of hydrogen-bond acceptors (Lipinski definition) is 4. The summed E-state index contributed by atoms with van der Waals surface area (Å²) in [7, 11) is 0. The number of thioether (sulfide) groups is 1. The molecule has 1 amide bonds. The summed E-state index contributed by atoms with van der Waals surface area (Å²) in [6.45, 7) is -5.78. The summed E-state index contributed by atoms with van der Waals surface area (Å²) in [5.74, 6) is -0.590. The van der Waals surface area contributed by atoms with Crippen LogP contribution in [0.25, 0.3) is 6.08 Å². The highest BCUT2D eigenvalue weighted by molar-refractivity contribution is 8.22. The third kappa shape index (κ3) is 5.22. The molecule has 4 aromatic carbocycles. The molecule has 1 aliphatic rings. The highest BCUT2D eigenvalue weighted by Crippen LogP contribution is 2.48. The molecule has 1 aliphatic heterocycles. The Labute approximate surface area is 229 Å². The number of aliphatic imine (C=N–C) groups is 1. The molecule has 1 heterocycles. The standard InChI is InChI=1S/C31H21F2N2O2PS/c32-31(33)37-26-19-11-10-12-22(26)20-28-29(36)35-30(39-28)27(21-34)38(23-13-4-1-5-14-23,24-15-6-2-7-16-24)25-17-8-3-9-18-25/h1-20,31H. The zero-order valence-corrected chi connectivity index (χ0v) is 22.2. The van der Waals surface area contributed by atoms with E-state index in [0.29, 0.717) is 15.9 Å². The maximum absolute atomic E-state index is 13.1. The molecule has 0 bridgehead atoms. The molecule has 0 atom stereocenters. The largest absolute Gasteiger partial charge is 0.434 e. The Morgan fingerprint density at radius 2 is 1.31 bits per heavy atom. The summed E-state index contributed by atoms with van der Waals surface area (Å²) in [5.41, 5.74) is 0.318. The molecule has 0 aromatic heterocycles. The van der Waals surface area contributed by atoms with Crippen LogP contribution in [0, 0.1) is 11.3 Å². The average Bonchev–Trinajstić information content (AvgIpc) is 3.33. The van der Waals surface area contributed by atoms with E-state index in [1.807, 2.05) is 91.0 Å². The van der Waals surface area contributed by atoms with Crippen molar-refractivity contribution >= 4 is 56.9 Å². The quantitative estimate of drug-likeness (QED) is 0.208. The zero-order valence-electron chi connectivity index (χ0n) is 20.4. The number of nitrogens with zero attached hydrogens (tertiary/aromatic N) is 2. The normalized spacial score (nSPS) is 14.3. The molecule has 0 aliphatic carbocycles. The van der Waals surface area contributed by atoms with Gasteiger partial charge in [0.2, 0.25) is 0 Å². The highest BCUT2D eigenvalue weighted by Gasteiger charge is 2.35. The average molecular weight is 555 g/mol. The molecule has 39 heavy (non-hydrogen) atoms. The number of amides is 1. The van der Waals surface area contributed by atoms with E-state index >= 15 is 0 Å². The molecule has 0 N–H and O–H groups in total. The second kappa shape index (κ2) is 11.7. The SMILES string of the molecule is N#CC(C1=NC(=O)C(=Cc2ccccc2OC(F)F)S1)=P(c1ccccc1)(c1ccccc1)c1ccccc1. The Kier molecular flexibility index (Phi) is 7.88. The minimum Gasteiger partial charge on any atom is -0.434 e. The van der Waals surface area contributed by atoms with Gasteiger partial charge in [-0.25, -0.2) is 4.99 Å². The smallest absolute Gasteiger partial charge is 0.387 e. The summed E-state index contributed by atoms with van der Waals surface area (Å²) in [6.07, 6.45) is 1.48. The Morgan fingerprint density at radius 1 is 0.821 bits per heavy atom. The fourth-order valence-corrected chi connectivity index (χ4v) is 9.87. The summed E-state index contributed by atoms with van der Waals surface area (Å²) < 4.78 is 30.5. The summed E-state index contributed by atoms with van der Waals surface area (Å²) in [4.78, 5) is 17.6. The molecular weight excluding hydrogens is 533 g/mol. The number of ether oxygens (including phenoxy) is 1. The second-order valence-corrected chi connectivity index (χ2v) is 12.8. The number of benzene rings is 4. The number of halogens is 2. The van der Waals surface area contributed by atoms with Crippen molar-refractivity contribution in [2.75, 3.05) is 0 Å². The third-order valence-corrected chi connectivity index (χ3v) is 11.5. The topological polar surface area (TPSA) is 62.5 Å². The van der Waals surface area contributed by atoms with Crippen molar-refractivity contribution in [1.82, 2.24) is 0 Å². The van der Waals surface area contributed by atoms with Crippen molar-refractivity contribution < 1.29 is 18.3 Å². The van der Waals surface area contributed by atoms with Gasteiger partial charge < -0.3 is 4.74 Å². The van der Waals surface area contributed by atoms with Gasteiger partial charge in [0.25, 0.3) is 5.91 Å². The van der Waals surface area contributed by atoms with Gasteiger partial charge in [0.1, 0.15) is 16.9 Å². The number of hydrogen-bond donors (Lipinski definition) is 0. The number of carbonyl (C=O) groups excluding carboxylic acids is 1.